The molecule has 6 nitrogen and oxygen atoms in total. The van der Waals surface area contributed by atoms with Gasteiger partial charge in [0.15, 0.2) is 0 Å². The lowest BCUT2D eigenvalue weighted by molar-refractivity contribution is -0.120. The number of carbonyl (C=O) groups excluding carboxylic acids is 1. The van der Waals surface area contributed by atoms with Crippen LogP contribution in [0.1, 0.15) is 24.2 Å². The van der Waals surface area contributed by atoms with Crippen molar-refractivity contribution in [2.75, 3.05) is 18.5 Å². The molecule has 0 unspecified atom stereocenters. The van der Waals surface area contributed by atoms with Crippen molar-refractivity contribution < 1.29 is 14.7 Å². The van der Waals surface area contributed by atoms with Crippen LogP contribution in [0.15, 0.2) is 12.1 Å². The van der Waals surface area contributed by atoms with Gasteiger partial charge in [-0.1, -0.05) is 11.6 Å². The minimum absolute atomic E-state index is 0.0334. The molecule has 2 N–H and O–H groups in total. The summed E-state index contributed by atoms with van der Waals surface area (Å²) in [5.74, 6) is -0.925. The van der Waals surface area contributed by atoms with E-state index in [9.17, 15) is 9.59 Å². The lowest BCUT2D eigenvalue weighted by Gasteiger charge is -2.19. The summed E-state index contributed by atoms with van der Waals surface area (Å²) in [6.07, 6.45) is 0. The molecular formula is C12H16ClN3O3. The highest BCUT2D eigenvalue weighted by molar-refractivity contribution is 6.29. The van der Waals surface area contributed by atoms with Gasteiger partial charge >= 0.3 is 5.97 Å². The fraction of sp³-hybridized carbons (Fsp3) is 0.417. The molecular weight excluding hydrogens is 270 g/mol. The molecule has 0 aliphatic heterocycles. The molecule has 0 bridgehead atoms. The first-order chi connectivity index (χ1) is 8.79. The van der Waals surface area contributed by atoms with Crippen LogP contribution in [0, 0.1) is 0 Å². The van der Waals surface area contributed by atoms with E-state index >= 15 is 0 Å². The van der Waals surface area contributed by atoms with E-state index in [1.807, 2.05) is 13.8 Å². The lowest BCUT2D eigenvalue weighted by Crippen LogP contribution is -2.38. The summed E-state index contributed by atoms with van der Waals surface area (Å²) in [5.41, 5.74) is 0.0334. The van der Waals surface area contributed by atoms with Crippen LogP contribution in [0.2, 0.25) is 5.15 Å². The predicted octanol–water partition coefficient (Wildman–Crippen LogP) is 1.39. The average molecular weight is 286 g/mol. The zero-order valence-electron chi connectivity index (χ0n) is 11.0. The van der Waals surface area contributed by atoms with Crippen molar-refractivity contribution in [3.63, 3.8) is 0 Å². The van der Waals surface area contributed by atoms with Crippen LogP contribution < -0.4 is 10.2 Å². The number of anilines is 1. The Morgan fingerprint density at radius 1 is 1.47 bits per heavy atom. The Morgan fingerprint density at radius 2 is 2.11 bits per heavy atom. The van der Waals surface area contributed by atoms with Gasteiger partial charge in [-0.25, -0.2) is 9.78 Å². The fourth-order valence-electron chi connectivity index (χ4n) is 1.47. The molecule has 1 rings (SSSR count). The molecule has 0 fully saturated rings. The summed E-state index contributed by atoms with van der Waals surface area (Å²) in [7, 11) is 1.64. The Morgan fingerprint density at radius 3 is 2.63 bits per heavy atom. The molecule has 19 heavy (non-hydrogen) atoms. The Hall–Kier alpha value is -1.82. The number of halogens is 1. The van der Waals surface area contributed by atoms with Gasteiger partial charge in [0.05, 0.1) is 12.1 Å². The molecule has 1 aromatic heterocycles. The van der Waals surface area contributed by atoms with E-state index in [1.165, 1.54) is 17.0 Å². The van der Waals surface area contributed by atoms with E-state index in [1.54, 1.807) is 7.05 Å². The molecule has 0 aliphatic rings. The Labute approximate surface area is 116 Å². The monoisotopic (exact) mass is 285 g/mol. The maximum atomic E-state index is 11.6. The highest BCUT2D eigenvalue weighted by Gasteiger charge is 2.13. The van der Waals surface area contributed by atoms with E-state index in [4.69, 9.17) is 16.7 Å². The maximum Gasteiger partial charge on any atom is 0.335 e. The van der Waals surface area contributed by atoms with Gasteiger partial charge in [-0.3, -0.25) is 4.79 Å². The van der Waals surface area contributed by atoms with Gasteiger partial charge in [-0.2, -0.15) is 0 Å². The van der Waals surface area contributed by atoms with Gasteiger partial charge in [-0.15, -0.1) is 0 Å². The third-order valence-electron chi connectivity index (χ3n) is 2.25. The van der Waals surface area contributed by atoms with Crippen LogP contribution in [0.25, 0.3) is 0 Å². The molecule has 0 spiro atoms. The summed E-state index contributed by atoms with van der Waals surface area (Å²) in [4.78, 5) is 28.1. The number of carboxylic acid groups (broad SMARTS) is 1. The van der Waals surface area contributed by atoms with Crippen LogP contribution in [-0.4, -0.2) is 41.6 Å². The standard InChI is InChI=1S/C12H16ClN3O3/c1-7(2)14-11(17)6-16(3)10-5-8(12(18)19)4-9(13)15-10/h4-5,7H,6H2,1-3H3,(H,14,17)(H,18,19). The average Bonchev–Trinajstić information content (AvgIpc) is 2.26. The Balaban J connectivity index is 2.84. The molecule has 0 aliphatic carbocycles. The molecule has 0 saturated carbocycles. The highest BCUT2D eigenvalue weighted by atomic mass is 35.5. The number of pyridine rings is 1. The number of nitrogens with zero attached hydrogens (tertiary/aromatic N) is 2. The number of carbonyl (C=O) groups is 2. The molecule has 0 aromatic carbocycles. The van der Waals surface area contributed by atoms with Gasteiger partial charge in [0.1, 0.15) is 11.0 Å². The van der Waals surface area contributed by atoms with Crippen LogP contribution >= 0.6 is 11.6 Å². The summed E-state index contributed by atoms with van der Waals surface area (Å²) in [6, 6.07) is 2.68. The zero-order chi connectivity index (χ0) is 14.6. The second kappa shape index (κ2) is 6.38. The maximum absolute atomic E-state index is 11.6. The van der Waals surface area contributed by atoms with Crippen LogP contribution in [0.3, 0.4) is 0 Å². The van der Waals surface area contributed by atoms with E-state index < -0.39 is 5.97 Å². The largest absolute Gasteiger partial charge is 0.478 e. The van der Waals surface area contributed by atoms with Crippen molar-refractivity contribution >= 4 is 29.3 Å². The minimum atomic E-state index is -1.09. The van der Waals surface area contributed by atoms with Crippen molar-refractivity contribution in [3.05, 3.63) is 22.8 Å². The quantitative estimate of drug-likeness (QED) is 0.799. The number of nitrogens with one attached hydrogen (secondary N) is 1. The third kappa shape index (κ3) is 4.75. The third-order valence-corrected chi connectivity index (χ3v) is 2.44. The van der Waals surface area contributed by atoms with Crippen molar-refractivity contribution in [2.24, 2.45) is 0 Å². The van der Waals surface area contributed by atoms with Crippen LogP contribution in [-0.2, 0) is 4.79 Å². The van der Waals surface area contributed by atoms with Crippen molar-refractivity contribution in [1.29, 1.82) is 0 Å². The van der Waals surface area contributed by atoms with Gasteiger partial charge in [0, 0.05) is 13.1 Å². The number of aromatic carboxylic acids is 1. The number of aromatic nitrogens is 1. The summed E-state index contributed by atoms with van der Waals surface area (Å²) in [6.45, 7) is 3.79. The van der Waals surface area contributed by atoms with Crippen molar-refractivity contribution in [1.82, 2.24) is 10.3 Å². The van der Waals surface area contributed by atoms with Crippen molar-refractivity contribution in [3.8, 4) is 0 Å². The lowest BCUT2D eigenvalue weighted by atomic mass is 10.2. The van der Waals surface area contributed by atoms with Crippen LogP contribution in [0.4, 0.5) is 5.82 Å². The number of hydrogen-bond donors (Lipinski definition) is 2. The molecule has 7 heteroatoms. The van der Waals surface area contributed by atoms with Gasteiger partial charge in [0.25, 0.3) is 0 Å². The highest BCUT2D eigenvalue weighted by Crippen LogP contribution is 2.17. The first-order valence-electron chi connectivity index (χ1n) is 5.71. The molecule has 1 amide bonds. The van der Waals surface area contributed by atoms with E-state index in [2.05, 4.69) is 10.3 Å². The normalized spacial score (nSPS) is 10.4. The topological polar surface area (TPSA) is 82.5 Å². The Bertz CT molecular complexity index is 491. The Kier molecular flexibility index (Phi) is 5.11. The van der Waals surface area contributed by atoms with E-state index in [0.717, 1.165) is 0 Å². The molecule has 0 atom stereocenters. The number of carboxylic acids is 1. The molecule has 0 saturated heterocycles. The van der Waals surface area contributed by atoms with Gasteiger partial charge in [-0.05, 0) is 26.0 Å². The molecule has 1 heterocycles. The second-order valence-electron chi connectivity index (χ2n) is 4.42. The first-order valence-corrected chi connectivity index (χ1v) is 6.08. The smallest absolute Gasteiger partial charge is 0.335 e. The molecule has 104 valence electrons. The van der Waals surface area contributed by atoms with Crippen LogP contribution in [0.5, 0.6) is 0 Å². The second-order valence-corrected chi connectivity index (χ2v) is 4.81. The van der Waals surface area contributed by atoms with Crippen molar-refractivity contribution in [2.45, 2.75) is 19.9 Å². The van der Waals surface area contributed by atoms with Gasteiger partial charge < -0.3 is 15.3 Å². The molecule has 0 radical (unpaired) electrons. The first kappa shape index (κ1) is 15.2. The number of amides is 1. The van der Waals surface area contributed by atoms with E-state index in [-0.39, 0.29) is 29.2 Å². The summed E-state index contributed by atoms with van der Waals surface area (Å²) >= 11 is 5.76. The SMILES string of the molecule is CC(C)NC(=O)CN(C)c1cc(C(=O)O)cc(Cl)n1. The summed E-state index contributed by atoms with van der Waals surface area (Å²) in [5, 5.41) is 11.7. The number of hydrogen-bond acceptors (Lipinski definition) is 4. The molecule has 1 aromatic rings. The van der Waals surface area contributed by atoms with E-state index in [0.29, 0.717) is 5.82 Å². The van der Waals surface area contributed by atoms with Gasteiger partial charge in [0.2, 0.25) is 5.91 Å². The fourth-order valence-corrected chi connectivity index (χ4v) is 1.67. The number of rotatable bonds is 5. The zero-order valence-corrected chi connectivity index (χ0v) is 11.7. The number of likely N-dealkylation sites (N-methyl/N-ethyl adjacent to an activating group) is 1. The summed E-state index contributed by atoms with van der Waals surface area (Å²) < 4.78 is 0. The predicted molar refractivity (Wildman–Crippen MR) is 72.8 cm³/mol. The minimum Gasteiger partial charge on any atom is -0.478 e.